The number of amides is 1. The number of rotatable bonds is 6. The van der Waals surface area contributed by atoms with Crippen LogP contribution in [0.1, 0.15) is 18.4 Å². The molecular weight excluding hydrogens is 352 g/mol. The van der Waals surface area contributed by atoms with E-state index in [9.17, 15) is 13.2 Å². The molecule has 138 valence electrons. The molecule has 0 saturated carbocycles. The van der Waals surface area contributed by atoms with Crippen LogP contribution >= 0.6 is 0 Å². The summed E-state index contributed by atoms with van der Waals surface area (Å²) in [7, 11) is -1.93. The van der Waals surface area contributed by atoms with Crippen LogP contribution in [0.2, 0.25) is 0 Å². The number of carbonyl (C=O) groups is 1. The highest BCUT2D eigenvalue weighted by molar-refractivity contribution is 7.92. The molecule has 0 aliphatic carbocycles. The molecule has 1 heterocycles. The molecule has 26 heavy (non-hydrogen) atoms. The van der Waals surface area contributed by atoms with E-state index in [1.807, 2.05) is 30.3 Å². The number of hydrogen-bond donors (Lipinski definition) is 0. The first-order valence-corrected chi connectivity index (χ1v) is 10.2. The number of sulfonamides is 1. The van der Waals surface area contributed by atoms with Gasteiger partial charge in [0.15, 0.2) is 0 Å². The number of hydrogen-bond acceptors (Lipinski definition) is 4. The molecule has 7 heteroatoms. The fourth-order valence-electron chi connectivity index (χ4n) is 3.07. The highest BCUT2D eigenvalue weighted by atomic mass is 32.2. The van der Waals surface area contributed by atoms with Crippen molar-refractivity contribution in [1.82, 2.24) is 0 Å². The summed E-state index contributed by atoms with van der Waals surface area (Å²) in [5, 5.41) is 0. The van der Waals surface area contributed by atoms with Gasteiger partial charge < -0.3 is 9.64 Å². The van der Waals surface area contributed by atoms with Gasteiger partial charge in [-0.15, -0.1) is 0 Å². The summed E-state index contributed by atoms with van der Waals surface area (Å²) in [6.45, 7) is 0.852. The number of methoxy groups -OCH3 is 1. The van der Waals surface area contributed by atoms with Crippen molar-refractivity contribution >= 4 is 27.3 Å². The first-order chi connectivity index (χ1) is 12.4. The van der Waals surface area contributed by atoms with E-state index in [2.05, 4.69) is 0 Å². The highest BCUT2D eigenvalue weighted by Gasteiger charge is 2.24. The molecule has 0 radical (unpaired) electrons. The van der Waals surface area contributed by atoms with Crippen LogP contribution in [0.15, 0.2) is 48.5 Å². The molecule has 3 rings (SSSR count). The third-order valence-electron chi connectivity index (χ3n) is 4.36. The predicted octanol–water partition coefficient (Wildman–Crippen LogP) is 2.79. The summed E-state index contributed by atoms with van der Waals surface area (Å²) in [6, 6.07) is 14.4. The summed E-state index contributed by atoms with van der Waals surface area (Å²) in [6.07, 6.45) is 2.54. The molecule has 1 aliphatic rings. The zero-order chi connectivity index (χ0) is 18.7. The zero-order valence-corrected chi connectivity index (χ0v) is 15.7. The molecule has 0 unspecified atom stereocenters. The lowest BCUT2D eigenvalue weighted by molar-refractivity contribution is -0.117. The van der Waals surface area contributed by atoms with Gasteiger partial charge in [0.05, 0.1) is 25.6 Å². The molecule has 1 aliphatic heterocycles. The van der Waals surface area contributed by atoms with Crippen LogP contribution in [0.25, 0.3) is 0 Å². The first kappa shape index (κ1) is 18.3. The molecule has 1 saturated heterocycles. The van der Waals surface area contributed by atoms with Crippen molar-refractivity contribution < 1.29 is 17.9 Å². The van der Waals surface area contributed by atoms with Crippen LogP contribution in [0.3, 0.4) is 0 Å². The molecular formula is C19H22N2O4S. The average molecular weight is 374 g/mol. The summed E-state index contributed by atoms with van der Waals surface area (Å²) in [5.74, 6) is 0.744. The third-order valence-corrected chi connectivity index (χ3v) is 5.50. The Morgan fingerprint density at radius 3 is 2.58 bits per heavy atom. The van der Waals surface area contributed by atoms with E-state index >= 15 is 0 Å². The minimum atomic E-state index is -3.50. The van der Waals surface area contributed by atoms with Gasteiger partial charge in [-0.25, -0.2) is 8.42 Å². The van der Waals surface area contributed by atoms with E-state index in [1.54, 1.807) is 30.2 Å². The number of nitrogens with zero attached hydrogens (tertiary/aromatic N) is 2. The van der Waals surface area contributed by atoms with Crippen molar-refractivity contribution in [2.45, 2.75) is 19.4 Å². The zero-order valence-electron chi connectivity index (χ0n) is 14.9. The van der Waals surface area contributed by atoms with Gasteiger partial charge in [0.1, 0.15) is 5.75 Å². The van der Waals surface area contributed by atoms with Crippen LogP contribution < -0.4 is 13.9 Å². The molecule has 0 atom stereocenters. The number of ether oxygens (including phenoxy) is 1. The molecule has 0 spiro atoms. The van der Waals surface area contributed by atoms with Crippen LogP contribution in [-0.4, -0.2) is 34.2 Å². The lowest BCUT2D eigenvalue weighted by atomic mass is 10.2. The van der Waals surface area contributed by atoms with E-state index < -0.39 is 10.0 Å². The van der Waals surface area contributed by atoms with Crippen molar-refractivity contribution in [1.29, 1.82) is 0 Å². The van der Waals surface area contributed by atoms with Crippen LogP contribution in [0, 0.1) is 0 Å². The molecule has 1 fully saturated rings. The number of carbonyl (C=O) groups excluding carboxylic acids is 1. The van der Waals surface area contributed by atoms with Crippen molar-refractivity contribution in [3.8, 4) is 5.75 Å². The van der Waals surface area contributed by atoms with Gasteiger partial charge in [0.25, 0.3) is 0 Å². The van der Waals surface area contributed by atoms with Gasteiger partial charge >= 0.3 is 0 Å². The second kappa shape index (κ2) is 7.37. The van der Waals surface area contributed by atoms with E-state index in [0.29, 0.717) is 24.4 Å². The van der Waals surface area contributed by atoms with Crippen molar-refractivity contribution in [2.24, 2.45) is 0 Å². The quantitative estimate of drug-likeness (QED) is 0.780. The topological polar surface area (TPSA) is 66.9 Å². The van der Waals surface area contributed by atoms with Crippen LogP contribution in [-0.2, 0) is 21.4 Å². The summed E-state index contributed by atoms with van der Waals surface area (Å²) < 4.78 is 31.4. The molecule has 0 bridgehead atoms. The molecule has 2 aromatic carbocycles. The van der Waals surface area contributed by atoms with E-state index in [1.165, 1.54) is 10.6 Å². The maximum Gasteiger partial charge on any atom is 0.232 e. The Labute approximate surface area is 154 Å². The fraction of sp³-hybridized carbons (Fsp3) is 0.316. The smallest absolute Gasteiger partial charge is 0.232 e. The molecule has 2 aromatic rings. The lowest BCUT2D eigenvalue weighted by Gasteiger charge is -2.24. The van der Waals surface area contributed by atoms with Gasteiger partial charge in [-0.1, -0.05) is 18.2 Å². The standard InChI is InChI=1S/C19H22N2O4S/c1-25-18-9-3-6-15(12-18)14-21(26(2,23)24)17-8-4-7-16(13-17)20-11-5-10-19(20)22/h3-4,6-9,12-13H,5,10-11,14H2,1-2H3. The summed E-state index contributed by atoms with van der Waals surface area (Å²) in [5.41, 5.74) is 2.08. The van der Waals surface area contributed by atoms with E-state index in [-0.39, 0.29) is 12.5 Å². The van der Waals surface area contributed by atoms with Gasteiger partial charge in [-0.2, -0.15) is 0 Å². The van der Waals surface area contributed by atoms with Crippen LogP contribution in [0.5, 0.6) is 5.75 Å². The summed E-state index contributed by atoms with van der Waals surface area (Å²) in [4.78, 5) is 13.7. The Bertz CT molecular complexity index is 911. The minimum absolute atomic E-state index is 0.0702. The maximum atomic E-state index is 12.4. The Morgan fingerprint density at radius 1 is 1.15 bits per heavy atom. The van der Waals surface area contributed by atoms with Crippen molar-refractivity contribution in [3.05, 3.63) is 54.1 Å². The van der Waals surface area contributed by atoms with Gasteiger partial charge in [0, 0.05) is 18.7 Å². The summed E-state index contributed by atoms with van der Waals surface area (Å²) >= 11 is 0. The van der Waals surface area contributed by atoms with Crippen molar-refractivity contribution in [2.75, 3.05) is 29.1 Å². The average Bonchev–Trinajstić information content (AvgIpc) is 3.05. The van der Waals surface area contributed by atoms with E-state index in [4.69, 9.17) is 4.74 Å². The molecule has 6 nitrogen and oxygen atoms in total. The maximum absolute atomic E-state index is 12.4. The molecule has 0 N–H and O–H groups in total. The third kappa shape index (κ3) is 3.99. The lowest BCUT2D eigenvalue weighted by Crippen LogP contribution is -2.30. The minimum Gasteiger partial charge on any atom is -0.497 e. The van der Waals surface area contributed by atoms with E-state index in [0.717, 1.165) is 17.7 Å². The normalized spacial score (nSPS) is 14.5. The largest absolute Gasteiger partial charge is 0.497 e. The SMILES string of the molecule is COc1cccc(CN(c2cccc(N3CCCC3=O)c2)S(C)(=O)=O)c1. The second-order valence-corrected chi connectivity index (χ2v) is 8.20. The van der Waals surface area contributed by atoms with Crippen LogP contribution in [0.4, 0.5) is 11.4 Å². The number of benzene rings is 2. The Kier molecular flexibility index (Phi) is 5.18. The monoisotopic (exact) mass is 374 g/mol. The van der Waals surface area contributed by atoms with Gasteiger partial charge in [-0.05, 0) is 42.3 Å². The Balaban J connectivity index is 1.94. The molecule has 0 aromatic heterocycles. The predicted molar refractivity (Wildman–Crippen MR) is 102 cm³/mol. The first-order valence-electron chi connectivity index (χ1n) is 8.39. The van der Waals surface area contributed by atoms with Gasteiger partial charge in [-0.3, -0.25) is 9.10 Å². The Morgan fingerprint density at radius 2 is 1.92 bits per heavy atom. The van der Waals surface area contributed by atoms with Gasteiger partial charge in [0.2, 0.25) is 15.9 Å². The second-order valence-electron chi connectivity index (χ2n) is 6.29. The van der Waals surface area contributed by atoms with Crippen molar-refractivity contribution in [3.63, 3.8) is 0 Å². The Hall–Kier alpha value is -2.54. The number of anilines is 2. The highest BCUT2D eigenvalue weighted by Crippen LogP contribution is 2.28. The molecule has 1 amide bonds. The fourth-order valence-corrected chi connectivity index (χ4v) is 3.95.